The Morgan fingerprint density at radius 3 is 1.17 bits per heavy atom. The van der Waals surface area contributed by atoms with Gasteiger partial charge in [-0.2, -0.15) is 0 Å². The lowest BCUT2D eigenvalue weighted by atomic mass is 9.84. The standard InChI is InChI=1S/C50H58O4/c1-5-9-13-15-27-45(51)53-49-39-25-19-17-23-37(39)47(43-33-35(21-11-7-3)29-31-41(43)49)48-38-24-18-20-26-40(38)50(54-46(52)28-16-14-10-6-2)42-32-30-36(22-12-8-4)34-44(42)48/h17-20,23-26,29-34H,5-16,21-22,27-28H2,1-4H3. The van der Waals surface area contributed by atoms with E-state index in [0.717, 1.165) is 144 Å². The fourth-order valence-corrected chi connectivity index (χ4v) is 7.92. The molecule has 0 radical (unpaired) electrons. The van der Waals surface area contributed by atoms with Gasteiger partial charge in [0.1, 0.15) is 11.5 Å². The number of benzene rings is 6. The van der Waals surface area contributed by atoms with Crippen molar-refractivity contribution in [2.75, 3.05) is 0 Å². The van der Waals surface area contributed by atoms with Gasteiger partial charge in [0, 0.05) is 34.4 Å². The monoisotopic (exact) mass is 722 g/mol. The molecule has 0 spiro atoms. The Bertz CT molecular complexity index is 2070. The zero-order valence-corrected chi connectivity index (χ0v) is 33.0. The summed E-state index contributed by atoms with van der Waals surface area (Å²) in [4.78, 5) is 26.9. The fraction of sp³-hybridized carbons (Fsp3) is 0.400. The van der Waals surface area contributed by atoms with E-state index in [0.29, 0.717) is 24.3 Å². The predicted molar refractivity (Wildman–Crippen MR) is 228 cm³/mol. The SMILES string of the molecule is CCCCCCC(=O)Oc1c2ccccc2c(-c2c3ccccc3c(OC(=O)CCCCCC)c3ccc(CCCC)cc23)c2cc(CCCC)ccc12. The van der Waals surface area contributed by atoms with Gasteiger partial charge in [-0.05, 0) is 82.3 Å². The van der Waals surface area contributed by atoms with Crippen LogP contribution in [-0.2, 0) is 22.4 Å². The minimum Gasteiger partial charge on any atom is -0.425 e. The van der Waals surface area contributed by atoms with E-state index in [9.17, 15) is 9.59 Å². The molecule has 0 atom stereocenters. The Hall–Kier alpha value is -4.70. The maximum Gasteiger partial charge on any atom is 0.311 e. The van der Waals surface area contributed by atoms with E-state index in [1.165, 1.54) is 11.1 Å². The van der Waals surface area contributed by atoms with Gasteiger partial charge in [-0.1, -0.05) is 164 Å². The van der Waals surface area contributed by atoms with E-state index < -0.39 is 0 Å². The van der Waals surface area contributed by atoms with Gasteiger partial charge in [-0.3, -0.25) is 9.59 Å². The van der Waals surface area contributed by atoms with E-state index >= 15 is 0 Å². The van der Waals surface area contributed by atoms with Crippen molar-refractivity contribution in [2.24, 2.45) is 0 Å². The number of aryl methyl sites for hydroxylation is 2. The molecule has 0 unspecified atom stereocenters. The normalized spacial score (nSPS) is 11.6. The zero-order valence-electron chi connectivity index (χ0n) is 33.0. The van der Waals surface area contributed by atoms with Crippen LogP contribution in [0.5, 0.6) is 11.5 Å². The number of hydrogen-bond donors (Lipinski definition) is 0. The molecule has 0 N–H and O–H groups in total. The minimum absolute atomic E-state index is 0.183. The van der Waals surface area contributed by atoms with Crippen molar-refractivity contribution in [1.82, 2.24) is 0 Å². The van der Waals surface area contributed by atoms with E-state index in [2.05, 4.69) is 100 Å². The molecular weight excluding hydrogens is 665 g/mol. The molecule has 0 aliphatic heterocycles. The fourth-order valence-electron chi connectivity index (χ4n) is 7.92. The van der Waals surface area contributed by atoms with Crippen LogP contribution in [0.2, 0.25) is 0 Å². The molecule has 4 heteroatoms. The summed E-state index contributed by atoms with van der Waals surface area (Å²) < 4.78 is 12.8. The Labute approximate surface area is 322 Å². The van der Waals surface area contributed by atoms with Crippen LogP contribution in [0.1, 0.15) is 129 Å². The molecule has 0 amide bonds. The molecule has 0 aliphatic carbocycles. The summed E-state index contributed by atoms with van der Waals surface area (Å²) in [5, 5.41) is 7.94. The molecule has 6 rings (SSSR count). The first-order chi connectivity index (χ1) is 26.5. The van der Waals surface area contributed by atoms with Crippen molar-refractivity contribution >= 4 is 55.0 Å². The quantitative estimate of drug-likeness (QED) is 0.0361. The van der Waals surface area contributed by atoms with Gasteiger partial charge in [0.05, 0.1) is 0 Å². The van der Waals surface area contributed by atoms with Gasteiger partial charge in [-0.15, -0.1) is 0 Å². The number of esters is 2. The van der Waals surface area contributed by atoms with Crippen LogP contribution in [0, 0.1) is 0 Å². The average Bonchev–Trinajstić information content (AvgIpc) is 3.20. The summed E-state index contributed by atoms with van der Waals surface area (Å²) in [6.07, 6.45) is 15.4. The van der Waals surface area contributed by atoms with Crippen LogP contribution < -0.4 is 9.47 Å². The van der Waals surface area contributed by atoms with Crippen LogP contribution in [0.3, 0.4) is 0 Å². The molecule has 54 heavy (non-hydrogen) atoms. The van der Waals surface area contributed by atoms with Crippen molar-refractivity contribution in [2.45, 2.75) is 130 Å². The van der Waals surface area contributed by atoms with Gasteiger partial charge in [0.2, 0.25) is 0 Å². The maximum absolute atomic E-state index is 13.5. The van der Waals surface area contributed by atoms with Crippen LogP contribution in [0.15, 0.2) is 84.9 Å². The molecule has 0 aliphatic rings. The average molecular weight is 723 g/mol. The topological polar surface area (TPSA) is 52.6 Å². The third-order valence-corrected chi connectivity index (χ3v) is 10.9. The first-order valence-electron chi connectivity index (χ1n) is 20.8. The summed E-state index contributed by atoms with van der Waals surface area (Å²) in [6, 6.07) is 30.2. The second-order valence-corrected chi connectivity index (χ2v) is 15.0. The van der Waals surface area contributed by atoms with Crippen molar-refractivity contribution < 1.29 is 19.1 Å². The summed E-state index contributed by atoms with van der Waals surface area (Å²) in [5.41, 5.74) is 4.77. The molecule has 4 nitrogen and oxygen atoms in total. The molecule has 6 aromatic carbocycles. The van der Waals surface area contributed by atoms with Crippen LogP contribution in [-0.4, -0.2) is 11.9 Å². The maximum atomic E-state index is 13.5. The van der Waals surface area contributed by atoms with E-state index in [4.69, 9.17) is 9.47 Å². The molecule has 0 fully saturated rings. The first kappa shape index (κ1) is 39.0. The highest BCUT2D eigenvalue weighted by Crippen LogP contribution is 2.50. The smallest absolute Gasteiger partial charge is 0.311 e. The summed E-state index contributed by atoms with van der Waals surface area (Å²) in [5.74, 6) is 0.908. The molecule has 0 heterocycles. The molecule has 0 saturated carbocycles. The van der Waals surface area contributed by atoms with Gasteiger partial charge in [0.25, 0.3) is 0 Å². The van der Waals surface area contributed by atoms with Crippen LogP contribution in [0.4, 0.5) is 0 Å². The summed E-state index contributed by atoms with van der Waals surface area (Å²) >= 11 is 0. The molecule has 0 aromatic heterocycles. The van der Waals surface area contributed by atoms with Gasteiger partial charge < -0.3 is 9.47 Å². The number of unbranched alkanes of at least 4 members (excludes halogenated alkanes) is 8. The number of hydrogen-bond acceptors (Lipinski definition) is 4. The molecular formula is C50H58O4. The van der Waals surface area contributed by atoms with Crippen LogP contribution in [0.25, 0.3) is 54.2 Å². The number of carbonyl (C=O) groups is 2. The number of rotatable bonds is 19. The lowest BCUT2D eigenvalue weighted by Crippen LogP contribution is -2.09. The Balaban J connectivity index is 1.65. The van der Waals surface area contributed by atoms with E-state index in [1.54, 1.807) is 0 Å². The van der Waals surface area contributed by atoms with E-state index in [-0.39, 0.29) is 11.9 Å². The minimum atomic E-state index is -0.183. The number of fused-ring (bicyclic) bond motifs is 4. The molecule has 0 saturated heterocycles. The van der Waals surface area contributed by atoms with Crippen molar-refractivity contribution in [3.05, 3.63) is 96.1 Å². The van der Waals surface area contributed by atoms with E-state index in [1.807, 2.05) is 12.1 Å². The Kier molecular flexibility index (Phi) is 13.8. The second kappa shape index (κ2) is 19.1. The lowest BCUT2D eigenvalue weighted by molar-refractivity contribution is -0.135. The first-order valence-corrected chi connectivity index (χ1v) is 20.8. The van der Waals surface area contributed by atoms with Crippen molar-refractivity contribution in [3.8, 4) is 22.6 Å². The highest BCUT2D eigenvalue weighted by Gasteiger charge is 2.24. The molecule has 282 valence electrons. The highest BCUT2D eigenvalue weighted by atomic mass is 16.5. The van der Waals surface area contributed by atoms with Crippen molar-refractivity contribution in [3.63, 3.8) is 0 Å². The van der Waals surface area contributed by atoms with Crippen molar-refractivity contribution in [1.29, 1.82) is 0 Å². The largest absolute Gasteiger partial charge is 0.425 e. The lowest BCUT2D eigenvalue weighted by Gasteiger charge is -2.22. The molecule has 6 aromatic rings. The Morgan fingerprint density at radius 2 is 0.778 bits per heavy atom. The summed E-state index contributed by atoms with van der Waals surface area (Å²) in [7, 11) is 0. The number of ether oxygens (including phenoxy) is 2. The molecule has 0 bridgehead atoms. The number of carbonyl (C=O) groups excluding carboxylic acids is 2. The summed E-state index contributed by atoms with van der Waals surface area (Å²) in [6.45, 7) is 8.82. The highest BCUT2D eigenvalue weighted by molar-refractivity contribution is 6.27. The van der Waals surface area contributed by atoms with Gasteiger partial charge in [0.15, 0.2) is 0 Å². The third-order valence-electron chi connectivity index (χ3n) is 10.9. The zero-order chi connectivity index (χ0) is 37.9. The van der Waals surface area contributed by atoms with Gasteiger partial charge in [-0.25, -0.2) is 0 Å². The second-order valence-electron chi connectivity index (χ2n) is 15.0. The Morgan fingerprint density at radius 1 is 0.407 bits per heavy atom. The third kappa shape index (κ3) is 8.81. The predicted octanol–water partition coefficient (Wildman–Crippen LogP) is 14.4. The van der Waals surface area contributed by atoms with Crippen LogP contribution >= 0.6 is 0 Å². The van der Waals surface area contributed by atoms with Gasteiger partial charge >= 0.3 is 11.9 Å².